The van der Waals surface area contributed by atoms with Crippen molar-refractivity contribution in [3.63, 3.8) is 0 Å². The van der Waals surface area contributed by atoms with E-state index in [2.05, 4.69) is 17.2 Å². The van der Waals surface area contributed by atoms with Crippen LogP contribution in [-0.2, 0) is 0 Å². The van der Waals surface area contributed by atoms with Crippen molar-refractivity contribution in [2.75, 3.05) is 5.32 Å². The molecule has 1 aromatic heterocycles. The molecule has 1 aliphatic carbocycles. The van der Waals surface area contributed by atoms with E-state index in [1.807, 2.05) is 12.1 Å². The lowest BCUT2D eigenvalue weighted by Gasteiger charge is -2.19. The molecule has 0 radical (unpaired) electrons. The van der Waals surface area contributed by atoms with E-state index in [1.54, 1.807) is 6.20 Å². The Kier molecular flexibility index (Phi) is 3.94. The summed E-state index contributed by atoms with van der Waals surface area (Å²) in [5, 5.41) is 3.52. The average molecular weight is 249 g/mol. The Morgan fingerprint density at radius 1 is 1.65 bits per heavy atom. The average Bonchev–Trinajstić information content (AvgIpc) is 3.12. The molecule has 2 rings (SSSR count). The van der Waals surface area contributed by atoms with E-state index >= 15 is 0 Å². The maximum atomic E-state index is 5.67. The van der Waals surface area contributed by atoms with Crippen LogP contribution >= 0.6 is 12.2 Å². The van der Waals surface area contributed by atoms with Crippen molar-refractivity contribution in [3.8, 4) is 0 Å². The smallest absolute Gasteiger partial charge is 0.124 e. The third-order valence-electron chi connectivity index (χ3n) is 3.21. The summed E-state index contributed by atoms with van der Waals surface area (Å²) in [5.41, 5.74) is 7.34. The number of anilines is 1. The van der Waals surface area contributed by atoms with E-state index in [9.17, 15) is 0 Å². The van der Waals surface area contributed by atoms with Crippen LogP contribution in [0.1, 0.15) is 38.3 Å². The number of aromatic nitrogens is 1. The number of nitrogens with one attached hydrogen (secondary N) is 1. The molecule has 1 unspecified atom stereocenters. The molecule has 4 heteroatoms. The highest BCUT2D eigenvalue weighted by Crippen LogP contribution is 2.34. The van der Waals surface area contributed by atoms with E-state index < -0.39 is 0 Å². The first-order valence-electron chi connectivity index (χ1n) is 6.22. The maximum absolute atomic E-state index is 5.67. The summed E-state index contributed by atoms with van der Waals surface area (Å²) in [5.74, 6) is 0.914. The van der Waals surface area contributed by atoms with Crippen LogP contribution in [0.4, 0.5) is 5.69 Å². The number of hydrogen-bond donors (Lipinski definition) is 2. The fraction of sp³-hybridized carbons (Fsp3) is 0.538. The molecular weight excluding hydrogens is 230 g/mol. The minimum Gasteiger partial charge on any atom is -0.388 e. The summed E-state index contributed by atoms with van der Waals surface area (Å²) < 4.78 is 0. The molecule has 0 bridgehead atoms. The van der Waals surface area contributed by atoms with Crippen LogP contribution in [0.5, 0.6) is 0 Å². The lowest BCUT2D eigenvalue weighted by molar-refractivity contribution is 0.586. The monoisotopic (exact) mass is 249 g/mol. The number of nitrogens with zero attached hydrogens (tertiary/aromatic N) is 1. The molecule has 0 spiro atoms. The molecule has 1 fully saturated rings. The first kappa shape index (κ1) is 12.3. The molecule has 1 atom stereocenters. The van der Waals surface area contributed by atoms with Crippen LogP contribution in [0.25, 0.3) is 0 Å². The topological polar surface area (TPSA) is 50.9 Å². The Morgan fingerprint density at radius 3 is 3.00 bits per heavy atom. The van der Waals surface area contributed by atoms with E-state index in [1.165, 1.54) is 19.3 Å². The zero-order chi connectivity index (χ0) is 12.3. The number of nitrogens with two attached hydrogens (primary N) is 1. The van der Waals surface area contributed by atoms with Crippen molar-refractivity contribution in [2.45, 2.75) is 38.6 Å². The van der Waals surface area contributed by atoms with Crippen molar-refractivity contribution >= 4 is 22.9 Å². The fourth-order valence-corrected chi connectivity index (χ4v) is 2.18. The van der Waals surface area contributed by atoms with Gasteiger partial charge >= 0.3 is 0 Å². The quantitative estimate of drug-likeness (QED) is 0.761. The summed E-state index contributed by atoms with van der Waals surface area (Å²) in [4.78, 5) is 4.59. The normalized spacial score (nSPS) is 16.5. The fourth-order valence-electron chi connectivity index (χ4n) is 2.02. The van der Waals surface area contributed by atoms with Crippen LogP contribution < -0.4 is 11.1 Å². The van der Waals surface area contributed by atoms with E-state index in [4.69, 9.17) is 18.0 Å². The highest BCUT2D eigenvalue weighted by atomic mass is 32.1. The molecule has 3 N–H and O–H groups in total. The standard InChI is InChI=1S/C13H19N3S/c1-2-10(8-9-5-6-9)16-11-4-3-7-15-12(11)13(14)17/h3-4,7,9-10,16H,2,5-6,8H2,1H3,(H2,14,17). The second-order valence-electron chi connectivity index (χ2n) is 4.69. The van der Waals surface area contributed by atoms with Crippen LogP contribution in [0.2, 0.25) is 0 Å². The highest BCUT2D eigenvalue weighted by Gasteiger charge is 2.25. The summed E-state index contributed by atoms with van der Waals surface area (Å²) >= 11 is 5.01. The third kappa shape index (κ3) is 3.40. The van der Waals surface area contributed by atoms with Gasteiger partial charge in [0.05, 0.1) is 5.69 Å². The van der Waals surface area contributed by atoms with Gasteiger partial charge in [0, 0.05) is 12.2 Å². The van der Waals surface area contributed by atoms with Gasteiger partial charge in [-0.25, -0.2) is 0 Å². The first-order chi connectivity index (χ1) is 8.20. The molecule has 1 heterocycles. The molecule has 0 aliphatic heterocycles. The third-order valence-corrected chi connectivity index (χ3v) is 3.40. The Hall–Kier alpha value is -1.16. The molecule has 3 nitrogen and oxygen atoms in total. The number of thiocarbonyl (C=S) groups is 1. The maximum Gasteiger partial charge on any atom is 0.124 e. The van der Waals surface area contributed by atoms with Crippen molar-refractivity contribution in [3.05, 3.63) is 24.0 Å². The molecule has 1 saturated carbocycles. The summed E-state index contributed by atoms with van der Waals surface area (Å²) in [6, 6.07) is 4.41. The van der Waals surface area contributed by atoms with E-state index in [0.717, 1.165) is 18.0 Å². The Labute approximate surface area is 108 Å². The first-order valence-corrected chi connectivity index (χ1v) is 6.63. The van der Waals surface area contributed by atoms with Gasteiger partial charge in [0.15, 0.2) is 0 Å². The number of pyridine rings is 1. The molecule has 0 saturated heterocycles. The van der Waals surface area contributed by atoms with Gasteiger partial charge < -0.3 is 11.1 Å². The number of hydrogen-bond acceptors (Lipinski definition) is 3. The van der Waals surface area contributed by atoms with Gasteiger partial charge in [-0.2, -0.15) is 0 Å². The van der Waals surface area contributed by atoms with Crippen LogP contribution in [-0.4, -0.2) is 16.0 Å². The van der Waals surface area contributed by atoms with Gasteiger partial charge in [-0.3, -0.25) is 4.98 Å². The van der Waals surface area contributed by atoms with E-state index in [0.29, 0.717) is 16.7 Å². The van der Waals surface area contributed by atoms with Gasteiger partial charge in [-0.05, 0) is 30.9 Å². The molecule has 1 aliphatic rings. The van der Waals surface area contributed by atoms with Crippen molar-refractivity contribution < 1.29 is 0 Å². The summed E-state index contributed by atoms with van der Waals surface area (Å²) in [7, 11) is 0. The van der Waals surface area contributed by atoms with Crippen molar-refractivity contribution in [1.82, 2.24) is 4.98 Å². The van der Waals surface area contributed by atoms with Gasteiger partial charge in [0.1, 0.15) is 10.7 Å². The second-order valence-corrected chi connectivity index (χ2v) is 5.13. The van der Waals surface area contributed by atoms with Crippen LogP contribution in [0, 0.1) is 5.92 Å². The minimum absolute atomic E-state index is 0.356. The Balaban J connectivity index is 2.07. The molecule has 1 aromatic rings. The molecule has 0 amide bonds. The summed E-state index contributed by atoms with van der Waals surface area (Å²) in [6.07, 6.45) is 6.84. The van der Waals surface area contributed by atoms with E-state index in [-0.39, 0.29) is 0 Å². The van der Waals surface area contributed by atoms with Gasteiger partial charge in [0.2, 0.25) is 0 Å². The lowest BCUT2D eigenvalue weighted by atomic mass is 10.1. The Morgan fingerprint density at radius 2 is 2.41 bits per heavy atom. The highest BCUT2D eigenvalue weighted by molar-refractivity contribution is 7.80. The van der Waals surface area contributed by atoms with Gasteiger partial charge in [0.25, 0.3) is 0 Å². The molecule has 17 heavy (non-hydrogen) atoms. The number of rotatable bonds is 6. The van der Waals surface area contributed by atoms with Gasteiger partial charge in [-0.15, -0.1) is 0 Å². The minimum atomic E-state index is 0.356. The molecular formula is C13H19N3S. The zero-order valence-electron chi connectivity index (χ0n) is 10.1. The SMILES string of the molecule is CCC(CC1CC1)Nc1cccnc1C(N)=S. The molecule has 0 aromatic carbocycles. The predicted octanol–water partition coefficient (Wildman–Crippen LogP) is 2.71. The second kappa shape index (κ2) is 5.45. The summed E-state index contributed by atoms with van der Waals surface area (Å²) in [6.45, 7) is 2.21. The molecule has 92 valence electrons. The van der Waals surface area contributed by atoms with Gasteiger partial charge in [-0.1, -0.05) is 32.0 Å². The largest absolute Gasteiger partial charge is 0.388 e. The van der Waals surface area contributed by atoms with Crippen LogP contribution in [0.3, 0.4) is 0 Å². The predicted molar refractivity (Wildman–Crippen MR) is 75.2 cm³/mol. The zero-order valence-corrected chi connectivity index (χ0v) is 11.0. The van der Waals surface area contributed by atoms with Crippen molar-refractivity contribution in [1.29, 1.82) is 0 Å². The Bertz CT molecular complexity index is 401. The van der Waals surface area contributed by atoms with Crippen LogP contribution in [0.15, 0.2) is 18.3 Å². The lowest BCUT2D eigenvalue weighted by Crippen LogP contribution is -2.22. The van der Waals surface area contributed by atoms with Crippen molar-refractivity contribution in [2.24, 2.45) is 11.7 Å².